The molecule has 2 nitrogen and oxygen atoms in total. The second-order valence-electron chi connectivity index (χ2n) is 6.51. The Morgan fingerprint density at radius 3 is 2.76 bits per heavy atom. The van der Waals surface area contributed by atoms with Gasteiger partial charge >= 0.3 is 0 Å². The molecule has 4 heteroatoms. The Morgan fingerprint density at radius 2 is 2.05 bits per heavy atom. The Morgan fingerprint density at radius 1 is 1.29 bits per heavy atom. The molecular formula is C17H23ClFNO. The van der Waals surface area contributed by atoms with Crippen LogP contribution in [0.25, 0.3) is 0 Å². The number of rotatable bonds is 2. The summed E-state index contributed by atoms with van der Waals surface area (Å²) in [6.07, 6.45) is 7.78. The van der Waals surface area contributed by atoms with Gasteiger partial charge in [-0.2, -0.15) is 0 Å². The van der Waals surface area contributed by atoms with Gasteiger partial charge in [-0.15, -0.1) is 0 Å². The molecule has 3 rings (SSSR count). The summed E-state index contributed by atoms with van der Waals surface area (Å²) in [5, 5.41) is 0.437. The number of hydrogen-bond donors (Lipinski definition) is 1. The van der Waals surface area contributed by atoms with Gasteiger partial charge in [0.1, 0.15) is 5.82 Å². The van der Waals surface area contributed by atoms with E-state index in [-0.39, 0.29) is 23.4 Å². The zero-order chi connectivity index (χ0) is 14.9. The molecule has 1 aliphatic carbocycles. The topological polar surface area (TPSA) is 35.2 Å². The average Bonchev–Trinajstić information content (AvgIpc) is 2.48. The Balaban J connectivity index is 1.79. The Hall–Kier alpha value is -0.640. The molecule has 21 heavy (non-hydrogen) atoms. The fourth-order valence-electron chi connectivity index (χ4n) is 3.98. The fourth-order valence-corrected chi connectivity index (χ4v) is 4.27. The van der Waals surface area contributed by atoms with Crippen LogP contribution in [0.1, 0.15) is 56.6 Å². The summed E-state index contributed by atoms with van der Waals surface area (Å²) >= 11 is 6.17. The minimum absolute atomic E-state index is 0.0173. The highest BCUT2D eigenvalue weighted by molar-refractivity contribution is 6.31. The Labute approximate surface area is 130 Å². The van der Waals surface area contributed by atoms with Gasteiger partial charge in [0.2, 0.25) is 0 Å². The number of ether oxygens (including phenoxy) is 1. The van der Waals surface area contributed by atoms with Crippen LogP contribution < -0.4 is 5.73 Å². The summed E-state index contributed by atoms with van der Waals surface area (Å²) in [6.45, 7) is 0.727. The monoisotopic (exact) mass is 311 g/mol. The van der Waals surface area contributed by atoms with Gasteiger partial charge < -0.3 is 10.5 Å². The first-order chi connectivity index (χ1) is 10.1. The van der Waals surface area contributed by atoms with E-state index in [1.807, 2.05) is 0 Å². The van der Waals surface area contributed by atoms with Crippen molar-refractivity contribution in [2.45, 2.75) is 56.6 Å². The average molecular weight is 312 g/mol. The first-order valence-electron chi connectivity index (χ1n) is 7.95. The van der Waals surface area contributed by atoms with Crippen molar-refractivity contribution >= 4 is 11.6 Å². The van der Waals surface area contributed by atoms with E-state index in [0.29, 0.717) is 10.6 Å². The third-order valence-corrected chi connectivity index (χ3v) is 5.47. The maximum Gasteiger partial charge on any atom is 0.129 e. The smallest absolute Gasteiger partial charge is 0.129 e. The predicted molar refractivity (Wildman–Crippen MR) is 82.8 cm³/mol. The molecule has 116 valence electrons. The highest BCUT2D eigenvalue weighted by atomic mass is 35.5. The van der Waals surface area contributed by atoms with Crippen molar-refractivity contribution in [1.29, 1.82) is 0 Å². The van der Waals surface area contributed by atoms with Crippen molar-refractivity contribution in [3.63, 3.8) is 0 Å². The third-order valence-electron chi connectivity index (χ3n) is 5.14. The van der Waals surface area contributed by atoms with Crippen molar-refractivity contribution < 1.29 is 9.13 Å². The van der Waals surface area contributed by atoms with E-state index in [9.17, 15) is 4.39 Å². The van der Waals surface area contributed by atoms with Crippen LogP contribution in [0.2, 0.25) is 5.02 Å². The van der Waals surface area contributed by atoms with Crippen LogP contribution in [0.4, 0.5) is 4.39 Å². The molecule has 2 unspecified atom stereocenters. The zero-order valence-corrected chi connectivity index (χ0v) is 13.0. The summed E-state index contributed by atoms with van der Waals surface area (Å²) in [6, 6.07) is 4.44. The normalized spacial score (nSPS) is 26.7. The van der Waals surface area contributed by atoms with E-state index in [4.69, 9.17) is 22.1 Å². The minimum atomic E-state index is -0.346. The second-order valence-corrected chi connectivity index (χ2v) is 6.91. The second kappa shape index (κ2) is 6.23. The quantitative estimate of drug-likeness (QED) is 0.865. The van der Waals surface area contributed by atoms with Crippen LogP contribution in [0.3, 0.4) is 0 Å². The molecule has 0 aromatic heterocycles. The Kier molecular flexibility index (Phi) is 4.53. The van der Waals surface area contributed by atoms with Gasteiger partial charge in [0, 0.05) is 23.2 Å². The van der Waals surface area contributed by atoms with Crippen molar-refractivity contribution in [1.82, 2.24) is 0 Å². The first kappa shape index (κ1) is 15.3. The summed E-state index contributed by atoms with van der Waals surface area (Å²) in [5.41, 5.74) is 6.83. The molecule has 1 aromatic carbocycles. The predicted octanol–water partition coefficient (Wildman–Crippen LogP) is 4.61. The number of hydrogen-bond acceptors (Lipinski definition) is 2. The first-order valence-corrected chi connectivity index (χ1v) is 8.33. The van der Waals surface area contributed by atoms with Crippen LogP contribution in [0.5, 0.6) is 0 Å². The number of benzene rings is 1. The van der Waals surface area contributed by atoms with Crippen molar-refractivity contribution in [3.8, 4) is 0 Å². The number of nitrogens with two attached hydrogens (primary N) is 1. The minimum Gasteiger partial charge on any atom is -0.375 e. The molecule has 1 saturated carbocycles. The highest BCUT2D eigenvalue weighted by Crippen LogP contribution is 2.44. The summed E-state index contributed by atoms with van der Waals surface area (Å²) < 4.78 is 20.2. The lowest BCUT2D eigenvalue weighted by Gasteiger charge is -2.45. The lowest BCUT2D eigenvalue weighted by molar-refractivity contribution is -0.120. The Bertz CT molecular complexity index is 476. The van der Waals surface area contributed by atoms with Gasteiger partial charge in [0.25, 0.3) is 0 Å². The molecule has 1 spiro atoms. The largest absolute Gasteiger partial charge is 0.375 e. The van der Waals surface area contributed by atoms with Gasteiger partial charge in [-0.25, -0.2) is 4.39 Å². The van der Waals surface area contributed by atoms with E-state index < -0.39 is 0 Å². The molecular weight excluding hydrogens is 289 g/mol. The summed E-state index contributed by atoms with van der Waals surface area (Å²) in [7, 11) is 0. The lowest BCUT2D eigenvalue weighted by Crippen LogP contribution is -2.44. The summed E-state index contributed by atoms with van der Waals surface area (Å²) in [4.78, 5) is 0. The molecule has 1 aliphatic heterocycles. The SMILES string of the molecule is NC(c1c(F)cccc1Cl)C1CCOC2(CCCCC2)C1. The van der Waals surface area contributed by atoms with E-state index in [2.05, 4.69) is 0 Å². The van der Waals surface area contributed by atoms with Crippen LogP contribution in [0.15, 0.2) is 18.2 Å². The molecule has 1 saturated heterocycles. The third kappa shape index (κ3) is 3.10. The number of halogens is 2. The molecule has 0 amide bonds. The van der Waals surface area contributed by atoms with Gasteiger partial charge in [-0.1, -0.05) is 36.9 Å². The molecule has 0 radical (unpaired) electrons. The molecule has 2 fully saturated rings. The van der Waals surface area contributed by atoms with E-state index >= 15 is 0 Å². The van der Waals surface area contributed by atoms with Crippen LogP contribution in [-0.2, 0) is 4.74 Å². The van der Waals surface area contributed by atoms with E-state index in [1.54, 1.807) is 12.1 Å². The van der Waals surface area contributed by atoms with Crippen LogP contribution in [-0.4, -0.2) is 12.2 Å². The van der Waals surface area contributed by atoms with Crippen LogP contribution >= 0.6 is 11.6 Å². The molecule has 1 heterocycles. The van der Waals surface area contributed by atoms with Gasteiger partial charge in [-0.05, 0) is 43.7 Å². The molecule has 0 bridgehead atoms. The van der Waals surface area contributed by atoms with Crippen molar-refractivity contribution in [2.75, 3.05) is 6.61 Å². The molecule has 2 aliphatic rings. The zero-order valence-electron chi connectivity index (χ0n) is 12.3. The molecule has 2 atom stereocenters. The van der Waals surface area contributed by atoms with E-state index in [0.717, 1.165) is 32.3 Å². The highest BCUT2D eigenvalue weighted by Gasteiger charge is 2.41. The summed E-state index contributed by atoms with van der Waals surface area (Å²) in [5.74, 6) is -0.0505. The van der Waals surface area contributed by atoms with Crippen molar-refractivity contribution in [2.24, 2.45) is 11.7 Å². The van der Waals surface area contributed by atoms with Gasteiger partial charge in [0.05, 0.1) is 5.60 Å². The van der Waals surface area contributed by atoms with Gasteiger partial charge in [0.15, 0.2) is 0 Å². The standard InChI is InChI=1S/C17H23ClFNO/c18-13-5-4-6-14(19)15(13)16(20)12-7-10-21-17(11-12)8-2-1-3-9-17/h4-6,12,16H,1-3,7-11,20H2. The maximum atomic E-state index is 14.1. The molecule has 2 N–H and O–H groups in total. The molecule has 1 aromatic rings. The van der Waals surface area contributed by atoms with E-state index in [1.165, 1.54) is 25.3 Å². The maximum absolute atomic E-state index is 14.1. The van der Waals surface area contributed by atoms with Crippen molar-refractivity contribution in [3.05, 3.63) is 34.6 Å². The fraction of sp³-hybridized carbons (Fsp3) is 0.647. The van der Waals surface area contributed by atoms with Crippen LogP contribution in [0, 0.1) is 11.7 Å². The lowest BCUT2D eigenvalue weighted by atomic mass is 9.73. The van der Waals surface area contributed by atoms with Gasteiger partial charge in [-0.3, -0.25) is 0 Å².